The van der Waals surface area contributed by atoms with Crippen LogP contribution in [0.3, 0.4) is 0 Å². The molecule has 5 nitrogen and oxygen atoms in total. The largest absolute Gasteiger partial charge is 0.480 e. The monoisotopic (exact) mass is 309 g/mol. The Kier molecular flexibility index (Phi) is 5.12. The van der Waals surface area contributed by atoms with Gasteiger partial charge in [-0.1, -0.05) is 12.1 Å². The third kappa shape index (κ3) is 3.91. The van der Waals surface area contributed by atoms with Gasteiger partial charge in [-0.15, -0.1) is 0 Å². The summed E-state index contributed by atoms with van der Waals surface area (Å²) in [6.07, 6.45) is 3.77. The van der Waals surface area contributed by atoms with Crippen molar-refractivity contribution in [3.63, 3.8) is 0 Å². The van der Waals surface area contributed by atoms with E-state index in [1.807, 2.05) is 6.07 Å². The zero-order chi connectivity index (χ0) is 15.4. The van der Waals surface area contributed by atoms with Crippen LogP contribution in [0.4, 0.5) is 0 Å². The van der Waals surface area contributed by atoms with Crippen molar-refractivity contribution in [2.75, 3.05) is 12.8 Å². The van der Waals surface area contributed by atoms with Gasteiger partial charge in [0.05, 0.1) is 0 Å². The van der Waals surface area contributed by atoms with E-state index in [9.17, 15) is 18.9 Å². The van der Waals surface area contributed by atoms with Crippen molar-refractivity contribution in [2.24, 2.45) is 0 Å². The number of nitrogens with zero attached hydrogens (tertiary/aromatic N) is 1. The number of hydrogen-bond acceptors (Lipinski definition) is 3. The summed E-state index contributed by atoms with van der Waals surface area (Å²) < 4.78 is 11.3. The zero-order valence-corrected chi connectivity index (χ0v) is 12.8. The van der Waals surface area contributed by atoms with Crippen molar-refractivity contribution in [2.45, 2.75) is 31.1 Å². The molecule has 1 fully saturated rings. The number of aliphatic carboxylic acids is 1. The molecule has 0 saturated carbocycles. The molecular formula is C15H19NO4S. The first kappa shape index (κ1) is 15.7. The minimum atomic E-state index is -0.976. The van der Waals surface area contributed by atoms with Crippen LogP contribution in [0.1, 0.15) is 35.2 Å². The van der Waals surface area contributed by atoms with E-state index in [0.29, 0.717) is 24.3 Å². The van der Waals surface area contributed by atoms with Gasteiger partial charge in [0.1, 0.15) is 6.04 Å². The molecular weight excluding hydrogens is 290 g/mol. The van der Waals surface area contributed by atoms with E-state index in [4.69, 9.17) is 0 Å². The summed E-state index contributed by atoms with van der Waals surface area (Å²) in [5, 5.41) is 9.24. The summed E-state index contributed by atoms with van der Waals surface area (Å²) in [6, 6.07) is 6.21. The van der Waals surface area contributed by atoms with Crippen LogP contribution >= 0.6 is 0 Å². The first-order valence-corrected chi connectivity index (χ1v) is 8.64. The quantitative estimate of drug-likeness (QED) is 0.917. The highest BCUT2D eigenvalue weighted by Crippen LogP contribution is 2.20. The summed E-state index contributed by atoms with van der Waals surface area (Å²) in [5.41, 5.74) is 1.29. The first-order valence-electron chi connectivity index (χ1n) is 6.92. The lowest BCUT2D eigenvalue weighted by Crippen LogP contribution is -2.48. The Morgan fingerprint density at radius 1 is 1.38 bits per heavy atom. The Bertz CT molecular complexity index is 573. The average molecular weight is 309 g/mol. The molecule has 6 heteroatoms. The van der Waals surface area contributed by atoms with Crippen LogP contribution in [0.2, 0.25) is 0 Å². The number of carboxylic acids is 1. The number of likely N-dealkylation sites (tertiary alicyclic amines) is 1. The lowest BCUT2D eigenvalue weighted by Gasteiger charge is -2.33. The van der Waals surface area contributed by atoms with Crippen molar-refractivity contribution < 1.29 is 18.9 Å². The van der Waals surface area contributed by atoms with Gasteiger partial charge in [0.15, 0.2) is 0 Å². The normalized spacial score (nSPS) is 20.0. The molecule has 1 aromatic carbocycles. The van der Waals surface area contributed by atoms with E-state index in [-0.39, 0.29) is 5.91 Å². The molecule has 0 spiro atoms. The molecule has 1 N–H and O–H groups in total. The van der Waals surface area contributed by atoms with Gasteiger partial charge in [-0.25, -0.2) is 4.79 Å². The van der Waals surface area contributed by atoms with E-state index in [1.54, 1.807) is 24.5 Å². The van der Waals surface area contributed by atoms with Crippen LogP contribution in [0.25, 0.3) is 0 Å². The highest BCUT2D eigenvalue weighted by Gasteiger charge is 2.32. The molecule has 1 heterocycles. The molecule has 1 aliphatic heterocycles. The molecule has 114 valence electrons. The maximum Gasteiger partial charge on any atom is 0.326 e. The van der Waals surface area contributed by atoms with Crippen molar-refractivity contribution in [1.82, 2.24) is 4.90 Å². The van der Waals surface area contributed by atoms with Crippen LogP contribution in [-0.4, -0.2) is 44.9 Å². The van der Waals surface area contributed by atoms with E-state index >= 15 is 0 Å². The van der Waals surface area contributed by atoms with E-state index in [0.717, 1.165) is 18.4 Å². The van der Waals surface area contributed by atoms with Gasteiger partial charge >= 0.3 is 5.97 Å². The average Bonchev–Trinajstić information content (AvgIpc) is 2.46. The SMILES string of the molecule is CS(=O)Cc1cccc(C(=O)N2CCCCC2C(=O)O)c1. The number of benzene rings is 1. The molecule has 1 saturated heterocycles. The van der Waals surface area contributed by atoms with Gasteiger partial charge in [-0.2, -0.15) is 0 Å². The molecule has 2 rings (SSSR count). The summed E-state index contributed by atoms with van der Waals surface area (Å²) in [5.74, 6) is -0.816. The van der Waals surface area contributed by atoms with E-state index in [1.165, 1.54) is 4.90 Å². The maximum absolute atomic E-state index is 12.5. The number of hydrogen-bond donors (Lipinski definition) is 1. The smallest absolute Gasteiger partial charge is 0.326 e. The van der Waals surface area contributed by atoms with Crippen molar-refractivity contribution in [3.8, 4) is 0 Å². The molecule has 1 amide bonds. The summed E-state index contributed by atoms with van der Waals surface area (Å²) in [4.78, 5) is 25.3. The second-order valence-corrected chi connectivity index (χ2v) is 6.70. The molecule has 1 aromatic rings. The second-order valence-electron chi connectivity index (χ2n) is 5.27. The lowest BCUT2D eigenvalue weighted by atomic mass is 10.0. The minimum Gasteiger partial charge on any atom is -0.480 e. The third-order valence-electron chi connectivity index (χ3n) is 3.59. The zero-order valence-electron chi connectivity index (χ0n) is 11.9. The molecule has 2 atom stereocenters. The third-order valence-corrected chi connectivity index (χ3v) is 4.33. The lowest BCUT2D eigenvalue weighted by molar-refractivity contribution is -0.143. The number of carboxylic acid groups (broad SMARTS) is 1. The van der Waals surface area contributed by atoms with Crippen LogP contribution in [-0.2, 0) is 21.3 Å². The Morgan fingerprint density at radius 2 is 2.14 bits per heavy atom. The number of carbonyl (C=O) groups excluding carboxylic acids is 1. The topological polar surface area (TPSA) is 74.7 Å². The number of amides is 1. The fraction of sp³-hybridized carbons (Fsp3) is 0.467. The van der Waals surface area contributed by atoms with Crippen LogP contribution in [0, 0.1) is 0 Å². The van der Waals surface area contributed by atoms with Gasteiger partial charge in [0.25, 0.3) is 5.91 Å². The molecule has 0 aromatic heterocycles. The van der Waals surface area contributed by atoms with E-state index in [2.05, 4.69) is 0 Å². The standard InChI is InChI=1S/C15H19NO4S/c1-21(20)10-11-5-4-6-12(9-11)14(17)16-8-3-2-7-13(16)15(18)19/h4-6,9,13H,2-3,7-8,10H2,1H3,(H,18,19). The Balaban J connectivity index is 2.22. The molecule has 1 aliphatic rings. The number of rotatable bonds is 4. The van der Waals surface area contributed by atoms with Gasteiger partial charge < -0.3 is 10.0 Å². The van der Waals surface area contributed by atoms with Crippen molar-refractivity contribution in [1.29, 1.82) is 0 Å². The highest BCUT2D eigenvalue weighted by atomic mass is 32.2. The van der Waals surface area contributed by atoms with Gasteiger partial charge in [0.2, 0.25) is 0 Å². The predicted octanol–water partition coefficient (Wildman–Crippen LogP) is 1.64. The number of carbonyl (C=O) groups is 2. The predicted molar refractivity (Wildman–Crippen MR) is 80.5 cm³/mol. The summed E-state index contributed by atoms with van der Waals surface area (Å²) in [7, 11) is -0.976. The fourth-order valence-electron chi connectivity index (χ4n) is 2.63. The molecule has 2 unspecified atom stereocenters. The summed E-state index contributed by atoms with van der Waals surface area (Å²) >= 11 is 0. The van der Waals surface area contributed by atoms with Crippen LogP contribution in [0.5, 0.6) is 0 Å². The maximum atomic E-state index is 12.5. The number of piperidine rings is 1. The second kappa shape index (κ2) is 6.85. The Hall–Kier alpha value is -1.69. The first-order chi connectivity index (χ1) is 9.99. The summed E-state index contributed by atoms with van der Waals surface area (Å²) in [6.45, 7) is 0.472. The Morgan fingerprint density at radius 3 is 2.81 bits per heavy atom. The van der Waals surface area contributed by atoms with E-state index < -0.39 is 22.8 Å². The molecule has 21 heavy (non-hydrogen) atoms. The van der Waals surface area contributed by atoms with Crippen molar-refractivity contribution >= 4 is 22.7 Å². The molecule has 0 radical (unpaired) electrons. The molecule has 0 bridgehead atoms. The van der Waals surface area contributed by atoms with Crippen LogP contribution in [0.15, 0.2) is 24.3 Å². The van der Waals surface area contributed by atoms with Gasteiger partial charge in [0, 0.05) is 34.9 Å². The Labute approximate surface area is 126 Å². The van der Waals surface area contributed by atoms with Gasteiger partial charge in [-0.3, -0.25) is 9.00 Å². The highest BCUT2D eigenvalue weighted by molar-refractivity contribution is 7.83. The van der Waals surface area contributed by atoms with Crippen molar-refractivity contribution in [3.05, 3.63) is 35.4 Å². The minimum absolute atomic E-state index is 0.258. The van der Waals surface area contributed by atoms with Crippen LogP contribution < -0.4 is 0 Å². The van der Waals surface area contributed by atoms with Gasteiger partial charge in [-0.05, 0) is 37.0 Å². The fourth-order valence-corrected chi connectivity index (χ4v) is 3.28. The molecule has 0 aliphatic carbocycles.